The summed E-state index contributed by atoms with van der Waals surface area (Å²) in [6.45, 7) is 4.74. The van der Waals surface area contributed by atoms with E-state index in [2.05, 4.69) is 19.9 Å². The van der Waals surface area contributed by atoms with Crippen LogP contribution >= 0.6 is 0 Å². The number of hydrogen-bond acceptors (Lipinski definition) is 5. The Balaban J connectivity index is 1.54. The Morgan fingerprint density at radius 1 is 1.38 bits per heavy atom. The van der Waals surface area contributed by atoms with Gasteiger partial charge in [-0.2, -0.15) is 0 Å². The molecule has 8 heteroatoms. The molecule has 1 fully saturated rings. The van der Waals surface area contributed by atoms with Crippen molar-refractivity contribution < 1.29 is 9.90 Å². The number of aryl methyl sites for hydroxylation is 2. The second-order valence-corrected chi connectivity index (χ2v) is 6.80. The van der Waals surface area contributed by atoms with Crippen molar-refractivity contribution in [1.82, 2.24) is 29.4 Å². The molecular formula is C16H22N6O2. The fraction of sp³-hybridized carbons (Fsp3) is 0.625. The van der Waals surface area contributed by atoms with Crippen LogP contribution in [-0.4, -0.2) is 53.1 Å². The van der Waals surface area contributed by atoms with Crippen molar-refractivity contribution in [2.24, 2.45) is 5.92 Å². The molecule has 1 saturated carbocycles. The van der Waals surface area contributed by atoms with Gasteiger partial charge >= 0.3 is 0 Å². The summed E-state index contributed by atoms with van der Waals surface area (Å²) in [5.41, 5.74) is 3.01. The summed E-state index contributed by atoms with van der Waals surface area (Å²) in [6.07, 6.45) is 5.40. The standard InChI is InChI=1S/C16H22N6O2/c1-11-7-18-19-22(11)8-14-15-9-20(3-2-4-21(15)10-17-14)16(24)12-5-13(23)6-12/h7,10,12-13,23H,2-6,8-9H2,1H3. The summed E-state index contributed by atoms with van der Waals surface area (Å²) in [4.78, 5) is 19.1. The van der Waals surface area contributed by atoms with Crippen LogP contribution in [0.1, 0.15) is 36.3 Å². The van der Waals surface area contributed by atoms with Gasteiger partial charge in [-0.1, -0.05) is 5.21 Å². The lowest BCUT2D eigenvalue weighted by atomic mass is 9.81. The molecule has 0 aromatic carbocycles. The average molecular weight is 330 g/mol. The normalized spacial score (nSPS) is 23.5. The van der Waals surface area contributed by atoms with E-state index in [4.69, 9.17) is 0 Å². The minimum absolute atomic E-state index is 0.0181. The molecule has 0 atom stereocenters. The van der Waals surface area contributed by atoms with Gasteiger partial charge in [0.05, 0.1) is 48.8 Å². The number of hydrogen-bond donors (Lipinski definition) is 1. The first-order valence-electron chi connectivity index (χ1n) is 8.46. The molecule has 1 amide bonds. The lowest BCUT2D eigenvalue weighted by Crippen LogP contribution is -2.43. The number of aliphatic hydroxyl groups is 1. The first-order valence-corrected chi connectivity index (χ1v) is 8.46. The van der Waals surface area contributed by atoms with Gasteiger partial charge in [0, 0.05) is 19.0 Å². The Morgan fingerprint density at radius 2 is 2.21 bits per heavy atom. The quantitative estimate of drug-likeness (QED) is 0.876. The summed E-state index contributed by atoms with van der Waals surface area (Å²) in [5.74, 6) is 0.147. The van der Waals surface area contributed by atoms with E-state index in [1.54, 1.807) is 6.20 Å². The topological polar surface area (TPSA) is 89.1 Å². The lowest BCUT2D eigenvalue weighted by molar-refractivity contribution is -0.143. The van der Waals surface area contributed by atoms with Crippen LogP contribution in [0.2, 0.25) is 0 Å². The highest BCUT2D eigenvalue weighted by molar-refractivity contribution is 5.79. The smallest absolute Gasteiger partial charge is 0.226 e. The molecule has 0 bridgehead atoms. The van der Waals surface area contributed by atoms with E-state index in [1.165, 1.54) is 0 Å². The first-order chi connectivity index (χ1) is 11.6. The van der Waals surface area contributed by atoms with Crippen molar-refractivity contribution in [3.8, 4) is 0 Å². The highest BCUT2D eigenvalue weighted by atomic mass is 16.3. The van der Waals surface area contributed by atoms with E-state index < -0.39 is 0 Å². The second kappa shape index (κ2) is 6.01. The van der Waals surface area contributed by atoms with Crippen molar-refractivity contribution in [3.63, 3.8) is 0 Å². The molecule has 1 N–H and O–H groups in total. The first kappa shape index (κ1) is 15.3. The molecule has 0 spiro atoms. The maximum Gasteiger partial charge on any atom is 0.226 e. The number of aliphatic hydroxyl groups excluding tert-OH is 1. The molecule has 4 rings (SSSR count). The zero-order chi connectivity index (χ0) is 16.7. The molecule has 2 aliphatic rings. The van der Waals surface area contributed by atoms with Crippen molar-refractivity contribution in [2.45, 2.75) is 51.9 Å². The Hall–Kier alpha value is -2.22. The van der Waals surface area contributed by atoms with Crippen LogP contribution in [0.4, 0.5) is 0 Å². The number of amides is 1. The third-order valence-electron chi connectivity index (χ3n) is 5.09. The van der Waals surface area contributed by atoms with Crippen LogP contribution in [0.25, 0.3) is 0 Å². The van der Waals surface area contributed by atoms with Crippen molar-refractivity contribution in [2.75, 3.05) is 6.54 Å². The maximum absolute atomic E-state index is 12.7. The van der Waals surface area contributed by atoms with Crippen molar-refractivity contribution >= 4 is 5.91 Å². The molecule has 2 aromatic heterocycles. The molecular weight excluding hydrogens is 308 g/mol. The van der Waals surface area contributed by atoms with Gasteiger partial charge < -0.3 is 14.6 Å². The van der Waals surface area contributed by atoms with Crippen LogP contribution in [0, 0.1) is 12.8 Å². The van der Waals surface area contributed by atoms with E-state index in [0.717, 1.165) is 36.6 Å². The Bertz CT molecular complexity index is 746. The zero-order valence-corrected chi connectivity index (χ0v) is 13.8. The van der Waals surface area contributed by atoms with Gasteiger partial charge in [0.25, 0.3) is 0 Å². The number of imidazole rings is 1. The van der Waals surface area contributed by atoms with Crippen LogP contribution in [0.3, 0.4) is 0 Å². The summed E-state index contributed by atoms with van der Waals surface area (Å²) in [5, 5.41) is 17.5. The van der Waals surface area contributed by atoms with E-state index in [-0.39, 0.29) is 17.9 Å². The summed E-state index contributed by atoms with van der Waals surface area (Å²) >= 11 is 0. The highest BCUT2D eigenvalue weighted by Gasteiger charge is 2.36. The Labute approximate surface area is 140 Å². The predicted molar refractivity (Wildman–Crippen MR) is 84.9 cm³/mol. The van der Waals surface area contributed by atoms with Gasteiger partial charge in [0.1, 0.15) is 0 Å². The molecule has 3 heterocycles. The zero-order valence-electron chi connectivity index (χ0n) is 13.8. The number of fused-ring (bicyclic) bond motifs is 1. The molecule has 1 aliphatic heterocycles. The van der Waals surface area contributed by atoms with Gasteiger partial charge in [0.2, 0.25) is 5.91 Å². The molecule has 24 heavy (non-hydrogen) atoms. The van der Waals surface area contributed by atoms with Crippen molar-refractivity contribution in [1.29, 1.82) is 0 Å². The summed E-state index contributed by atoms with van der Waals surface area (Å²) in [6, 6.07) is 0. The van der Waals surface area contributed by atoms with E-state index in [0.29, 0.717) is 25.9 Å². The maximum atomic E-state index is 12.7. The van der Waals surface area contributed by atoms with Crippen molar-refractivity contribution in [3.05, 3.63) is 29.6 Å². The fourth-order valence-corrected chi connectivity index (χ4v) is 3.49. The molecule has 0 saturated heterocycles. The summed E-state index contributed by atoms with van der Waals surface area (Å²) < 4.78 is 3.97. The van der Waals surface area contributed by atoms with Gasteiger partial charge in [-0.15, -0.1) is 5.10 Å². The minimum Gasteiger partial charge on any atom is -0.393 e. The molecule has 128 valence electrons. The van der Waals surface area contributed by atoms with E-state index >= 15 is 0 Å². The van der Waals surface area contributed by atoms with E-state index in [9.17, 15) is 9.90 Å². The molecule has 2 aromatic rings. The number of rotatable bonds is 3. The van der Waals surface area contributed by atoms with Crippen LogP contribution in [0.15, 0.2) is 12.5 Å². The fourth-order valence-electron chi connectivity index (χ4n) is 3.49. The van der Waals surface area contributed by atoms with Gasteiger partial charge in [0.15, 0.2) is 0 Å². The number of carbonyl (C=O) groups is 1. The Kier molecular flexibility index (Phi) is 3.84. The molecule has 0 radical (unpaired) electrons. The third-order valence-corrected chi connectivity index (χ3v) is 5.09. The number of nitrogens with zero attached hydrogens (tertiary/aromatic N) is 6. The van der Waals surface area contributed by atoms with Crippen LogP contribution in [-0.2, 0) is 24.4 Å². The van der Waals surface area contributed by atoms with E-state index in [1.807, 2.05) is 22.8 Å². The predicted octanol–water partition coefficient (Wildman–Crippen LogP) is 0.335. The number of carbonyl (C=O) groups excluding carboxylic acids is 1. The van der Waals surface area contributed by atoms with Gasteiger partial charge in [-0.3, -0.25) is 4.79 Å². The summed E-state index contributed by atoms with van der Waals surface area (Å²) in [7, 11) is 0. The monoisotopic (exact) mass is 330 g/mol. The second-order valence-electron chi connectivity index (χ2n) is 6.80. The number of aromatic nitrogens is 5. The van der Waals surface area contributed by atoms with Crippen LogP contribution < -0.4 is 0 Å². The van der Waals surface area contributed by atoms with Crippen LogP contribution in [0.5, 0.6) is 0 Å². The SMILES string of the molecule is Cc1cnnn1Cc1ncn2c1CN(C(=O)C1CC(O)C1)CCC2. The molecule has 1 aliphatic carbocycles. The molecule has 8 nitrogen and oxygen atoms in total. The van der Waals surface area contributed by atoms with Gasteiger partial charge in [-0.05, 0) is 26.2 Å². The third kappa shape index (κ3) is 2.71. The lowest BCUT2D eigenvalue weighted by Gasteiger charge is -2.34. The van der Waals surface area contributed by atoms with Gasteiger partial charge in [-0.25, -0.2) is 9.67 Å². The largest absolute Gasteiger partial charge is 0.393 e. The average Bonchev–Trinajstić information content (AvgIpc) is 3.03. The molecule has 0 unspecified atom stereocenters. The highest BCUT2D eigenvalue weighted by Crippen LogP contribution is 2.30. The Morgan fingerprint density at radius 3 is 2.92 bits per heavy atom. The minimum atomic E-state index is -0.303.